The van der Waals surface area contributed by atoms with Gasteiger partial charge < -0.3 is 5.32 Å². The molecule has 0 aliphatic heterocycles. The lowest BCUT2D eigenvalue weighted by Gasteiger charge is -2.10. The average molecular weight is 245 g/mol. The van der Waals surface area contributed by atoms with Gasteiger partial charge in [0.05, 0.1) is 21.6 Å². The Labute approximate surface area is 95.6 Å². The maximum absolute atomic E-state index is 5.90. The van der Waals surface area contributed by atoms with E-state index in [-0.39, 0.29) is 6.04 Å². The molecule has 0 radical (unpaired) electrons. The van der Waals surface area contributed by atoms with Crippen molar-refractivity contribution in [2.75, 3.05) is 7.05 Å². The zero-order valence-corrected chi connectivity index (χ0v) is 9.92. The first-order chi connectivity index (χ1) is 6.81. The average Bonchev–Trinajstić information content (AvgIpc) is 2.79. The summed E-state index contributed by atoms with van der Waals surface area (Å²) >= 11 is 9.09. The SMILES string of the molecule is CNC(c1cscn1)c1ccc(Cl)s1. The van der Waals surface area contributed by atoms with Crippen LogP contribution < -0.4 is 5.32 Å². The molecule has 2 nitrogen and oxygen atoms in total. The second kappa shape index (κ2) is 4.40. The Balaban J connectivity index is 2.31. The van der Waals surface area contributed by atoms with Crippen molar-refractivity contribution in [3.63, 3.8) is 0 Å². The van der Waals surface area contributed by atoms with Crippen molar-refractivity contribution < 1.29 is 0 Å². The molecule has 0 fully saturated rings. The molecular formula is C9H9ClN2S2. The fourth-order valence-electron chi connectivity index (χ4n) is 1.28. The molecule has 2 aromatic rings. The summed E-state index contributed by atoms with van der Waals surface area (Å²) in [6.07, 6.45) is 0. The second-order valence-corrected chi connectivity index (χ2v) is 5.24. The minimum absolute atomic E-state index is 0.166. The molecular weight excluding hydrogens is 236 g/mol. The molecule has 1 atom stereocenters. The van der Waals surface area contributed by atoms with Crippen LogP contribution in [0.4, 0.5) is 0 Å². The highest BCUT2D eigenvalue weighted by molar-refractivity contribution is 7.16. The summed E-state index contributed by atoms with van der Waals surface area (Å²) in [5.41, 5.74) is 2.89. The standard InChI is InChI=1S/C9H9ClN2S2/c1-11-9(6-4-13-5-12-6)7-2-3-8(10)14-7/h2-5,9,11H,1H3. The number of thiophene rings is 1. The number of halogens is 1. The molecule has 2 rings (SSSR count). The molecule has 1 unspecified atom stereocenters. The number of hydrogen-bond acceptors (Lipinski definition) is 4. The first-order valence-electron chi connectivity index (χ1n) is 4.12. The lowest BCUT2D eigenvalue weighted by molar-refractivity contribution is 0.687. The smallest absolute Gasteiger partial charge is 0.0931 e. The van der Waals surface area contributed by atoms with Gasteiger partial charge in [0.2, 0.25) is 0 Å². The summed E-state index contributed by atoms with van der Waals surface area (Å²) in [5.74, 6) is 0. The fourth-order valence-corrected chi connectivity index (χ4v) is 3.05. The third-order valence-electron chi connectivity index (χ3n) is 1.91. The van der Waals surface area contributed by atoms with Crippen LogP contribution in [-0.2, 0) is 0 Å². The molecule has 0 saturated heterocycles. The molecule has 0 aliphatic rings. The van der Waals surface area contributed by atoms with Crippen molar-refractivity contribution in [3.05, 3.63) is 37.9 Å². The maximum atomic E-state index is 5.90. The molecule has 2 heterocycles. The second-order valence-electron chi connectivity index (χ2n) is 2.78. The van der Waals surface area contributed by atoms with Gasteiger partial charge in [0.1, 0.15) is 0 Å². The summed E-state index contributed by atoms with van der Waals surface area (Å²) in [4.78, 5) is 5.49. The molecule has 0 amide bonds. The Morgan fingerprint density at radius 1 is 1.50 bits per heavy atom. The first-order valence-corrected chi connectivity index (χ1v) is 6.25. The molecule has 2 aromatic heterocycles. The molecule has 5 heteroatoms. The van der Waals surface area contributed by atoms with E-state index in [9.17, 15) is 0 Å². The summed E-state index contributed by atoms with van der Waals surface area (Å²) in [6.45, 7) is 0. The molecule has 0 aliphatic carbocycles. The molecule has 0 aromatic carbocycles. The van der Waals surface area contributed by atoms with E-state index < -0.39 is 0 Å². The van der Waals surface area contributed by atoms with Gasteiger partial charge in [-0.05, 0) is 19.2 Å². The Morgan fingerprint density at radius 2 is 2.36 bits per heavy atom. The van der Waals surface area contributed by atoms with Crippen LogP contribution in [0.15, 0.2) is 23.0 Å². The normalized spacial score (nSPS) is 13.0. The van der Waals surface area contributed by atoms with E-state index in [4.69, 9.17) is 11.6 Å². The highest BCUT2D eigenvalue weighted by Crippen LogP contribution is 2.30. The number of rotatable bonds is 3. The Bertz CT molecular complexity index is 397. The van der Waals surface area contributed by atoms with Crippen molar-refractivity contribution in [1.82, 2.24) is 10.3 Å². The van der Waals surface area contributed by atoms with Crippen molar-refractivity contribution in [2.45, 2.75) is 6.04 Å². The van der Waals surface area contributed by atoms with Gasteiger partial charge in [-0.2, -0.15) is 0 Å². The van der Waals surface area contributed by atoms with Gasteiger partial charge in [0.25, 0.3) is 0 Å². The van der Waals surface area contributed by atoms with E-state index in [1.807, 2.05) is 24.7 Å². The zero-order chi connectivity index (χ0) is 9.97. The van der Waals surface area contributed by atoms with Crippen LogP contribution in [0.25, 0.3) is 0 Å². The molecule has 0 bridgehead atoms. The lowest BCUT2D eigenvalue weighted by atomic mass is 10.2. The highest BCUT2D eigenvalue weighted by atomic mass is 35.5. The third-order valence-corrected chi connectivity index (χ3v) is 3.82. The van der Waals surface area contributed by atoms with Crippen LogP contribution in [0, 0.1) is 0 Å². The quantitative estimate of drug-likeness (QED) is 0.897. The highest BCUT2D eigenvalue weighted by Gasteiger charge is 2.15. The van der Waals surface area contributed by atoms with E-state index >= 15 is 0 Å². The van der Waals surface area contributed by atoms with Gasteiger partial charge in [-0.3, -0.25) is 0 Å². The summed E-state index contributed by atoms with van der Waals surface area (Å²) < 4.78 is 0.815. The maximum Gasteiger partial charge on any atom is 0.0931 e. The number of nitrogens with zero attached hydrogens (tertiary/aromatic N) is 1. The van der Waals surface area contributed by atoms with E-state index in [2.05, 4.69) is 15.7 Å². The van der Waals surface area contributed by atoms with E-state index in [0.29, 0.717) is 0 Å². The zero-order valence-electron chi connectivity index (χ0n) is 7.53. The van der Waals surface area contributed by atoms with E-state index in [1.54, 1.807) is 22.7 Å². The van der Waals surface area contributed by atoms with Gasteiger partial charge in [0, 0.05) is 10.3 Å². The van der Waals surface area contributed by atoms with Gasteiger partial charge in [-0.1, -0.05) is 11.6 Å². The Kier molecular flexibility index (Phi) is 3.18. The monoisotopic (exact) mass is 244 g/mol. The summed E-state index contributed by atoms with van der Waals surface area (Å²) in [5, 5.41) is 5.28. The number of hydrogen-bond donors (Lipinski definition) is 1. The minimum Gasteiger partial charge on any atom is -0.307 e. The Morgan fingerprint density at radius 3 is 2.86 bits per heavy atom. The first kappa shape index (κ1) is 10.1. The van der Waals surface area contributed by atoms with Crippen LogP contribution in [0.2, 0.25) is 4.34 Å². The molecule has 0 saturated carbocycles. The van der Waals surface area contributed by atoms with Crippen LogP contribution in [0.5, 0.6) is 0 Å². The van der Waals surface area contributed by atoms with Crippen molar-refractivity contribution in [1.29, 1.82) is 0 Å². The minimum atomic E-state index is 0.166. The summed E-state index contributed by atoms with van der Waals surface area (Å²) in [7, 11) is 1.93. The van der Waals surface area contributed by atoms with Crippen LogP contribution in [0.3, 0.4) is 0 Å². The fraction of sp³-hybridized carbons (Fsp3) is 0.222. The molecule has 0 spiro atoms. The van der Waals surface area contributed by atoms with Gasteiger partial charge in [0.15, 0.2) is 0 Å². The van der Waals surface area contributed by atoms with Gasteiger partial charge in [-0.25, -0.2) is 4.98 Å². The number of nitrogens with one attached hydrogen (secondary N) is 1. The van der Waals surface area contributed by atoms with Crippen molar-refractivity contribution in [3.8, 4) is 0 Å². The topological polar surface area (TPSA) is 24.9 Å². The largest absolute Gasteiger partial charge is 0.307 e. The third kappa shape index (κ3) is 1.98. The Hall–Kier alpha value is -0.420. The van der Waals surface area contributed by atoms with E-state index in [1.165, 1.54) is 4.88 Å². The lowest BCUT2D eigenvalue weighted by Crippen LogP contribution is -2.16. The molecule has 14 heavy (non-hydrogen) atoms. The van der Waals surface area contributed by atoms with Crippen molar-refractivity contribution in [2.24, 2.45) is 0 Å². The van der Waals surface area contributed by atoms with E-state index in [0.717, 1.165) is 10.0 Å². The predicted molar refractivity (Wildman–Crippen MR) is 62.3 cm³/mol. The van der Waals surface area contributed by atoms with Crippen LogP contribution in [0.1, 0.15) is 16.6 Å². The summed E-state index contributed by atoms with van der Waals surface area (Å²) in [6, 6.07) is 4.12. The van der Waals surface area contributed by atoms with Crippen molar-refractivity contribution >= 4 is 34.3 Å². The molecule has 74 valence electrons. The van der Waals surface area contributed by atoms with Crippen LogP contribution in [-0.4, -0.2) is 12.0 Å². The molecule has 1 N–H and O–H groups in total. The van der Waals surface area contributed by atoms with Gasteiger partial charge in [-0.15, -0.1) is 22.7 Å². The number of aromatic nitrogens is 1. The van der Waals surface area contributed by atoms with Gasteiger partial charge >= 0.3 is 0 Å². The predicted octanol–water partition coefficient (Wildman–Crippen LogP) is 3.17. The van der Waals surface area contributed by atoms with Crippen LogP contribution >= 0.6 is 34.3 Å². The number of thiazole rings is 1.